The number of hydrogen-bond acceptors (Lipinski definition) is 2. The fourth-order valence-corrected chi connectivity index (χ4v) is 1.72. The van der Waals surface area contributed by atoms with E-state index in [4.69, 9.17) is 28.9 Å². The molecule has 3 N–H and O–H groups in total. The van der Waals surface area contributed by atoms with Gasteiger partial charge in [-0.1, -0.05) is 43.0 Å². The second kappa shape index (κ2) is 7.00. The highest BCUT2D eigenvalue weighted by Crippen LogP contribution is 2.24. The van der Waals surface area contributed by atoms with Gasteiger partial charge in [-0.25, -0.2) is 0 Å². The Morgan fingerprint density at radius 1 is 1.31 bits per heavy atom. The van der Waals surface area contributed by atoms with Crippen molar-refractivity contribution < 1.29 is 0 Å². The van der Waals surface area contributed by atoms with Crippen molar-refractivity contribution in [2.75, 3.05) is 11.9 Å². The molecule has 90 valence electrons. The first-order chi connectivity index (χ1) is 7.63. The minimum Gasteiger partial charge on any atom is -0.383 e. The molecule has 1 rings (SSSR count). The number of benzene rings is 1. The number of nitrogens with two attached hydrogens (primary N) is 1. The Morgan fingerprint density at radius 3 is 2.69 bits per heavy atom. The number of unbranched alkanes of at least 4 members (excludes halogenated alkanes) is 1. The number of hydrogen-bond donors (Lipinski definition) is 2. The van der Waals surface area contributed by atoms with E-state index in [1.807, 2.05) is 12.1 Å². The molecule has 0 bridgehead atoms. The fourth-order valence-electron chi connectivity index (χ4n) is 1.42. The largest absolute Gasteiger partial charge is 0.383 e. The molecule has 0 radical (unpaired) electrons. The molecule has 1 unspecified atom stereocenters. The summed E-state index contributed by atoms with van der Waals surface area (Å²) in [5.74, 6) is 0. The zero-order valence-corrected chi connectivity index (χ0v) is 11.0. The maximum absolute atomic E-state index is 5.95. The zero-order chi connectivity index (χ0) is 12.0. The van der Waals surface area contributed by atoms with Crippen LogP contribution in [-0.4, -0.2) is 12.6 Å². The highest BCUT2D eigenvalue weighted by molar-refractivity contribution is 6.42. The predicted molar refractivity (Wildman–Crippen MR) is 72.5 cm³/mol. The first-order valence-corrected chi connectivity index (χ1v) is 6.33. The molecule has 4 heteroatoms. The van der Waals surface area contributed by atoms with Crippen LogP contribution in [0.15, 0.2) is 18.2 Å². The average Bonchev–Trinajstić information content (AvgIpc) is 2.28. The van der Waals surface area contributed by atoms with Crippen LogP contribution in [0.1, 0.15) is 26.2 Å². The highest BCUT2D eigenvalue weighted by atomic mass is 35.5. The summed E-state index contributed by atoms with van der Waals surface area (Å²) < 4.78 is 0. The lowest BCUT2D eigenvalue weighted by Crippen LogP contribution is -2.28. The van der Waals surface area contributed by atoms with Crippen LogP contribution in [-0.2, 0) is 0 Å². The molecule has 0 spiro atoms. The minimum atomic E-state index is 0.189. The number of rotatable bonds is 6. The second-order valence-corrected chi connectivity index (χ2v) is 4.73. The van der Waals surface area contributed by atoms with Crippen LogP contribution in [0.3, 0.4) is 0 Å². The van der Waals surface area contributed by atoms with Gasteiger partial charge in [-0.05, 0) is 24.6 Å². The summed E-state index contributed by atoms with van der Waals surface area (Å²) in [7, 11) is 0. The molecule has 0 fully saturated rings. The van der Waals surface area contributed by atoms with Crippen molar-refractivity contribution in [2.45, 2.75) is 32.2 Å². The van der Waals surface area contributed by atoms with E-state index in [0.717, 1.165) is 18.7 Å². The predicted octanol–water partition coefficient (Wildman–Crippen LogP) is 3.92. The Labute approximate surface area is 107 Å². The third-order valence-corrected chi connectivity index (χ3v) is 3.16. The van der Waals surface area contributed by atoms with Crippen LogP contribution in [0.5, 0.6) is 0 Å². The molecule has 0 amide bonds. The van der Waals surface area contributed by atoms with Crippen molar-refractivity contribution in [3.63, 3.8) is 0 Å². The van der Waals surface area contributed by atoms with Gasteiger partial charge in [-0.2, -0.15) is 0 Å². The summed E-state index contributed by atoms with van der Waals surface area (Å²) in [6.45, 7) is 2.93. The molecule has 0 aromatic heterocycles. The van der Waals surface area contributed by atoms with Gasteiger partial charge in [0, 0.05) is 18.3 Å². The quantitative estimate of drug-likeness (QED) is 0.814. The van der Waals surface area contributed by atoms with E-state index >= 15 is 0 Å². The summed E-state index contributed by atoms with van der Waals surface area (Å²) in [5, 5.41) is 4.39. The van der Waals surface area contributed by atoms with Gasteiger partial charge < -0.3 is 11.1 Å². The Hall–Kier alpha value is -0.440. The fraction of sp³-hybridized carbons (Fsp3) is 0.500. The molecule has 1 aromatic rings. The Balaban J connectivity index is 2.39. The molecule has 0 saturated carbocycles. The lowest BCUT2D eigenvalue weighted by Gasteiger charge is -2.13. The van der Waals surface area contributed by atoms with Gasteiger partial charge >= 0.3 is 0 Å². The Morgan fingerprint density at radius 2 is 2.06 bits per heavy atom. The number of nitrogens with one attached hydrogen (secondary N) is 1. The smallest absolute Gasteiger partial charge is 0.0612 e. The lowest BCUT2D eigenvalue weighted by atomic mass is 10.1. The maximum atomic E-state index is 5.95. The van der Waals surface area contributed by atoms with Crippen molar-refractivity contribution in [3.8, 4) is 0 Å². The topological polar surface area (TPSA) is 38.0 Å². The standard InChI is InChI=1S/C12H18Cl2N2/c1-2-3-4-9(15)8-16-10-5-6-11(13)12(14)7-10/h5-7,9,16H,2-4,8,15H2,1H3. The summed E-state index contributed by atoms with van der Waals surface area (Å²) in [5.41, 5.74) is 6.91. The van der Waals surface area contributed by atoms with Crippen LogP contribution >= 0.6 is 23.2 Å². The van der Waals surface area contributed by atoms with Crippen LogP contribution in [0.4, 0.5) is 5.69 Å². The van der Waals surface area contributed by atoms with E-state index in [1.54, 1.807) is 6.07 Å². The third kappa shape index (κ3) is 4.60. The van der Waals surface area contributed by atoms with Crippen molar-refractivity contribution in [2.24, 2.45) is 5.73 Å². The molecule has 0 aliphatic rings. The van der Waals surface area contributed by atoms with Crippen molar-refractivity contribution in [3.05, 3.63) is 28.2 Å². The molecule has 2 nitrogen and oxygen atoms in total. The zero-order valence-electron chi connectivity index (χ0n) is 9.47. The first kappa shape index (κ1) is 13.6. The Bertz CT molecular complexity index is 329. The molecule has 0 aliphatic heterocycles. The Kier molecular flexibility index (Phi) is 5.96. The SMILES string of the molecule is CCCCC(N)CNc1ccc(Cl)c(Cl)c1. The van der Waals surface area contributed by atoms with Gasteiger partial charge in [0.1, 0.15) is 0 Å². The first-order valence-electron chi connectivity index (χ1n) is 5.58. The molecular formula is C12H18Cl2N2. The normalized spacial score (nSPS) is 12.5. The van der Waals surface area contributed by atoms with Gasteiger partial charge in [-0.3, -0.25) is 0 Å². The van der Waals surface area contributed by atoms with Crippen LogP contribution in [0, 0.1) is 0 Å². The third-order valence-electron chi connectivity index (χ3n) is 2.42. The van der Waals surface area contributed by atoms with Crippen molar-refractivity contribution >= 4 is 28.9 Å². The van der Waals surface area contributed by atoms with Crippen molar-refractivity contribution in [1.82, 2.24) is 0 Å². The van der Waals surface area contributed by atoms with Crippen LogP contribution in [0.25, 0.3) is 0 Å². The van der Waals surface area contributed by atoms with Crippen LogP contribution in [0.2, 0.25) is 10.0 Å². The summed E-state index contributed by atoms with van der Waals surface area (Å²) in [6.07, 6.45) is 3.40. The van der Waals surface area contributed by atoms with Crippen LogP contribution < -0.4 is 11.1 Å². The van der Waals surface area contributed by atoms with Gasteiger partial charge in [-0.15, -0.1) is 0 Å². The van der Waals surface area contributed by atoms with Gasteiger partial charge in [0.2, 0.25) is 0 Å². The summed E-state index contributed by atoms with van der Waals surface area (Å²) in [4.78, 5) is 0. The highest BCUT2D eigenvalue weighted by Gasteiger charge is 2.03. The van der Waals surface area contributed by atoms with Gasteiger partial charge in [0.25, 0.3) is 0 Å². The number of anilines is 1. The summed E-state index contributed by atoms with van der Waals surface area (Å²) >= 11 is 11.7. The van der Waals surface area contributed by atoms with E-state index in [1.165, 1.54) is 12.8 Å². The van der Waals surface area contributed by atoms with E-state index in [0.29, 0.717) is 10.0 Å². The number of halogens is 2. The lowest BCUT2D eigenvalue weighted by molar-refractivity contribution is 0.596. The van der Waals surface area contributed by atoms with E-state index in [-0.39, 0.29) is 6.04 Å². The van der Waals surface area contributed by atoms with Crippen molar-refractivity contribution in [1.29, 1.82) is 0 Å². The minimum absolute atomic E-state index is 0.189. The molecule has 0 aliphatic carbocycles. The molecule has 0 heterocycles. The summed E-state index contributed by atoms with van der Waals surface area (Å²) in [6, 6.07) is 5.69. The van der Waals surface area contributed by atoms with Gasteiger partial charge in [0.05, 0.1) is 10.0 Å². The molecule has 1 aromatic carbocycles. The molecular weight excluding hydrogens is 243 g/mol. The monoisotopic (exact) mass is 260 g/mol. The van der Waals surface area contributed by atoms with E-state index in [2.05, 4.69) is 12.2 Å². The maximum Gasteiger partial charge on any atom is 0.0612 e. The second-order valence-electron chi connectivity index (χ2n) is 3.91. The molecule has 16 heavy (non-hydrogen) atoms. The van der Waals surface area contributed by atoms with Gasteiger partial charge in [0.15, 0.2) is 0 Å². The molecule has 0 saturated heterocycles. The van der Waals surface area contributed by atoms with E-state index < -0.39 is 0 Å². The van der Waals surface area contributed by atoms with E-state index in [9.17, 15) is 0 Å². The average molecular weight is 261 g/mol. The molecule has 1 atom stereocenters.